The van der Waals surface area contributed by atoms with Crippen molar-refractivity contribution in [3.05, 3.63) is 41.9 Å². The number of pyridine rings is 1. The van der Waals surface area contributed by atoms with Gasteiger partial charge in [-0.2, -0.15) is 0 Å². The Morgan fingerprint density at radius 3 is 1.64 bits per heavy atom. The third-order valence-electron chi connectivity index (χ3n) is 2.11. The van der Waals surface area contributed by atoms with Crippen LogP contribution in [0.1, 0.15) is 28.1 Å². The number of hydrogen-bond acceptors (Lipinski definition) is 1. The number of aryl methyl sites for hydroxylation is 2. The van der Waals surface area contributed by atoms with Crippen LogP contribution < -0.4 is 0 Å². The number of rotatable bonds is 0. The SMILES string of the molecule is [CH2]c1c(C)nc(C)c([CH2])c1C. The highest BCUT2D eigenvalue weighted by molar-refractivity contribution is 5.41. The van der Waals surface area contributed by atoms with Crippen molar-refractivity contribution >= 4 is 0 Å². The maximum absolute atomic E-state index is 4.31. The molecule has 1 heteroatoms. The monoisotopic (exact) mass is 147 g/mol. The van der Waals surface area contributed by atoms with Crippen molar-refractivity contribution < 1.29 is 0 Å². The summed E-state index contributed by atoms with van der Waals surface area (Å²) in [6.45, 7) is 13.8. The molecule has 1 nitrogen and oxygen atoms in total. The number of hydrogen-bond donors (Lipinski definition) is 0. The Morgan fingerprint density at radius 2 is 1.27 bits per heavy atom. The molecule has 0 aliphatic carbocycles. The molecule has 0 unspecified atom stereocenters. The minimum atomic E-state index is 1.01. The Bertz CT molecular complexity index is 261. The maximum Gasteiger partial charge on any atom is 0.0410 e. The molecular weight excluding hydrogens is 134 g/mol. The fraction of sp³-hybridized carbons (Fsp3) is 0.300. The minimum absolute atomic E-state index is 1.01. The first-order valence-electron chi connectivity index (χ1n) is 3.65. The molecule has 0 spiro atoms. The molecule has 2 radical (unpaired) electrons. The lowest BCUT2D eigenvalue weighted by Gasteiger charge is -2.09. The zero-order valence-electron chi connectivity index (χ0n) is 7.36. The molecule has 11 heavy (non-hydrogen) atoms. The second kappa shape index (κ2) is 2.65. The predicted octanol–water partition coefficient (Wildman–Crippen LogP) is 2.37. The van der Waals surface area contributed by atoms with Gasteiger partial charge in [-0.25, -0.2) is 0 Å². The van der Waals surface area contributed by atoms with Crippen LogP contribution in [-0.2, 0) is 0 Å². The van der Waals surface area contributed by atoms with Crippen LogP contribution >= 0.6 is 0 Å². The van der Waals surface area contributed by atoms with Gasteiger partial charge in [-0.05, 0) is 51.3 Å². The molecule has 0 amide bonds. The van der Waals surface area contributed by atoms with Crippen molar-refractivity contribution in [2.45, 2.75) is 20.8 Å². The molecule has 0 saturated heterocycles. The van der Waals surface area contributed by atoms with Crippen LogP contribution in [0.4, 0.5) is 0 Å². The molecule has 58 valence electrons. The van der Waals surface area contributed by atoms with E-state index in [1.54, 1.807) is 0 Å². The summed E-state index contributed by atoms with van der Waals surface area (Å²) in [6, 6.07) is 0. The van der Waals surface area contributed by atoms with E-state index in [-0.39, 0.29) is 0 Å². The summed E-state index contributed by atoms with van der Waals surface area (Å²) in [5, 5.41) is 0. The van der Waals surface area contributed by atoms with Gasteiger partial charge in [-0.3, -0.25) is 4.98 Å². The molecule has 0 bridgehead atoms. The second-order valence-electron chi connectivity index (χ2n) is 2.86. The molecule has 0 aromatic carbocycles. The maximum atomic E-state index is 4.31. The Kier molecular flexibility index (Phi) is 1.99. The molecule has 0 aliphatic rings. The van der Waals surface area contributed by atoms with Crippen LogP contribution in [0.15, 0.2) is 0 Å². The highest BCUT2D eigenvalue weighted by Gasteiger charge is 2.04. The van der Waals surface area contributed by atoms with Gasteiger partial charge in [0.2, 0.25) is 0 Å². The Hall–Kier alpha value is -0.850. The summed E-state index contributed by atoms with van der Waals surface area (Å²) in [4.78, 5) is 4.31. The molecular formula is C10H13N. The average Bonchev–Trinajstić information content (AvgIpc) is 1.97. The van der Waals surface area contributed by atoms with E-state index in [2.05, 4.69) is 18.8 Å². The Balaban J connectivity index is 3.46. The van der Waals surface area contributed by atoms with Crippen molar-refractivity contribution in [2.75, 3.05) is 0 Å². The van der Waals surface area contributed by atoms with Gasteiger partial charge in [-0.1, -0.05) is 0 Å². The number of nitrogens with zero attached hydrogens (tertiary/aromatic N) is 1. The summed E-state index contributed by atoms with van der Waals surface area (Å²) in [7, 11) is 0. The van der Waals surface area contributed by atoms with E-state index in [0.29, 0.717) is 0 Å². The molecule has 0 N–H and O–H groups in total. The fourth-order valence-electron chi connectivity index (χ4n) is 1.11. The van der Waals surface area contributed by atoms with Gasteiger partial charge in [0, 0.05) is 11.4 Å². The van der Waals surface area contributed by atoms with Crippen LogP contribution in [0.2, 0.25) is 0 Å². The van der Waals surface area contributed by atoms with Gasteiger partial charge in [-0.15, -0.1) is 0 Å². The second-order valence-corrected chi connectivity index (χ2v) is 2.86. The zero-order valence-corrected chi connectivity index (χ0v) is 7.36. The van der Waals surface area contributed by atoms with Crippen molar-refractivity contribution in [3.8, 4) is 0 Å². The fourth-order valence-corrected chi connectivity index (χ4v) is 1.11. The molecule has 0 saturated carbocycles. The van der Waals surface area contributed by atoms with E-state index in [1.807, 2.05) is 20.8 Å². The molecule has 0 atom stereocenters. The lowest BCUT2D eigenvalue weighted by molar-refractivity contribution is 1.07. The lowest BCUT2D eigenvalue weighted by atomic mass is 10.0. The first-order chi connectivity index (χ1) is 5.04. The van der Waals surface area contributed by atoms with Crippen LogP contribution in [0.5, 0.6) is 0 Å². The van der Waals surface area contributed by atoms with Gasteiger partial charge >= 0.3 is 0 Å². The highest BCUT2D eigenvalue weighted by atomic mass is 14.7. The third-order valence-corrected chi connectivity index (χ3v) is 2.11. The topological polar surface area (TPSA) is 12.9 Å². The normalized spacial score (nSPS) is 10.3. The van der Waals surface area contributed by atoms with Gasteiger partial charge in [0.15, 0.2) is 0 Å². The van der Waals surface area contributed by atoms with Crippen molar-refractivity contribution in [1.29, 1.82) is 0 Å². The largest absolute Gasteiger partial charge is 0.258 e. The van der Waals surface area contributed by atoms with Gasteiger partial charge in [0.25, 0.3) is 0 Å². The zero-order chi connectivity index (χ0) is 8.59. The van der Waals surface area contributed by atoms with Crippen LogP contribution in [0, 0.1) is 34.6 Å². The summed E-state index contributed by atoms with van der Waals surface area (Å²) < 4.78 is 0. The average molecular weight is 147 g/mol. The van der Waals surface area contributed by atoms with Crippen LogP contribution in [-0.4, -0.2) is 4.98 Å². The first kappa shape index (κ1) is 8.25. The molecule has 1 aromatic heterocycles. The third kappa shape index (κ3) is 1.28. The molecule has 0 fully saturated rings. The van der Waals surface area contributed by atoms with Gasteiger partial charge in [0.05, 0.1) is 0 Å². The minimum Gasteiger partial charge on any atom is -0.258 e. The highest BCUT2D eigenvalue weighted by Crippen LogP contribution is 2.16. The predicted molar refractivity (Wildman–Crippen MR) is 47.4 cm³/mol. The van der Waals surface area contributed by atoms with Crippen LogP contribution in [0.25, 0.3) is 0 Å². The summed E-state index contributed by atoms with van der Waals surface area (Å²) in [5.41, 5.74) is 5.20. The van der Waals surface area contributed by atoms with E-state index in [0.717, 1.165) is 28.1 Å². The van der Waals surface area contributed by atoms with Gasteiger partial charge in [0.1, 0.15) is 0 Å². The van der Waals surface area contributed by atoms with Crippen LogP contribution in [0.3, 0.4) is 0 Å². The summed E-state index contributed by atoms with van der Waals surface area (Å²) in [6.07, 6.45) is 0. The molecule has 0 aliphatic heterocycles. The Morgan fingerprint density at radius 1 is 0.909 bits per heavy atom. The first-order valence-corrected chi connectivity index (χ1v) is 3.65. The van der Waals surface area contributed by atoms with E-state index in [4.69, 9.17) is 0 Å². The van der Waals surface area contributed by atoms with E-state index >= 15 is 0 Å². The molecule has 1 heterocycles. The van der Waals surface area contributed by atoms with Gasteiger partial charge < -0.3 is 0 Å². The van der Waals surface area contributed by atoms with Crippen molar-refractivity contribution in [2.24, 2.45) is 0 Å². The van der Waals surface area contributed by atoms with E-state index in [9.17, 15) is 0 Å². The van der Waals surface area contributed by atoms with E-state index in [1.165, 1.54) is 0 Å². The summed E-state index contributed by atoms with van der Waals surface area (Å²) >= 11 is 0. The summed E-state index contributed by atoms with van der Waals surface area (Å²) in [5.74, 6) is 0. The van der Waals surface area contributed by atoms with Crippen molar-refractivity contribution in [1.82, 2.24) is 4.98 Å². The smallest absolute Gasteiger partial charge is 0.0410 e. The number of aromatic nitrogens is 1. The molecule has 1 rings (SSSR count). The van der Waals surface area contributed by atoms with E-state index < -0.39 is 0 Å². The standard InChI is InChI=1S/C10H13N/c1-6-7(2)9(4)11-10(5)8(6)3/h2-3H2,1,4-5H3. The molecule has 1 aromatic rings. The van der Waals surface area contributed by atoms with Crippen molar-refractivity contribution in [3.63, 3.8) is 0 Å². The quantitative estimate of drug-likeness (QED) is 0.549. The lowest BCUT2D eigenvalue weighted by Crippen LogP contribution is -1.98. The Labute approximate surface area is 68.5 Å².